The first-order valence-electron chi connectivity index (χ1n) is 9.13. The number of aliphatic imine (C=N–C) groups is 2. The second-order valence-electron chi connectivity index (χ2n) is 6.67. The van der Waals surface area contributed by atoms with E-state index in [1.807, 2.05) is 57.3 Å². The molecule has 0 aromatic carbocycles. The summed E-state index contributed by atoms with van der Waals surface area (Å²) < 4.78 is 5.57. The third-order valence-electron chi connectivity index (χ3n) is 4.08. The summed E-state index contributed by atoms with van der Waals surface area (Å²) in [6, 6.07) is 0. The van der Waals surface area contributed by atoms with Gasteiger partial charge in [0.25, 0.3) is 0 Å². The van der Waals surface area contributed by atoms with Gasteiger partial charge in [0.1, 0.15) is 5.84 Å². The van der Waals surface area contributed by atoms with Gasteiger partial charge in [-0.15, -0.1) is 6.58 Å². The Balaban J connectivity index is 1.97. The topological polar surface area (TPSA) is 61.3 Å². The van der Waals surface area contributed by atoms with Gasteiger partial charge >= 0.3 is 0 Å². The molecule has 26 heavy (non-hydrogen) atoms. The fourth-order valence-electron chi connectivity index (χ4n) is 2.57. The number of hydrogen-bond donors (Lipinski definition) is 2. The summed E-state index contributed by atoms with van der Waals surface area (Å²) in [5, 5.41) is 6.82. The van der Waals surface area contributed by atoms with E-state index in [-0.39, 0.29) is 12.4 Å². The van der Waals surface area contributed by atoms with Crippen molar-refractivity contribution in [1.29, 1.82) is 0 Å². The molecule has 0 amide bonds. The van der Waals surface area contributed by atoms with Crippen LogP contribution >= 0.6 is 0 Å². The van der Waals surface area contributed by atoms with E-state index in [9.17, 15) is 0 Å². The number of allylic oxidation sites excluding steroid dienone is 4. The molecule has 2 heterocycles. The van der Waals surface area contributed by atoms with Crippen molar-refractivity contribution in [3.8, 4) is 0 Å². The molecule has 2 rings (SSSR count). The molecule has 0 aromatic heterocycles. The van der Waals surface area contributed by atoms with Crippen LogP contribution in [0.25, 0.3) is 0 Å². The van der Waals surface area contributed by atoms with Gasteiger partial charge < -0.3 is 15.0 Å². The predicted molar refractivity (Wildman–Crippen MR) is 109 cm³/mol. The Morgan fingerprint density at radius 3 is 3.00 bits per heavy atom. The average Bonchev–Trinajstić information content (AvgIpc) is 2.77. The van der Waals surface area contributed by atoms with Gasteiger partial charge in [-0.1, -0.05) is 12.2 Å². The van der Waals surface area contributed by atoms with E-state index in [0.29, 0.717) is 6.61 Å². The molecule has 0 aromatic rings. The van der Waals surface area contributed by atoms with Gasteiger partial charge in [0, 0.05) is 38.1 Å². The van der Waals surface area contributed by atoms with Gasteiger partial charge in [-0.3, -0.25) is 10.3 Å². The second-order valence-corrected chi connectivity index (χ2v) is 6.67. The summed E-state index contributed by atoms with van der Waals surface area (Å²) >= 11 is 0. The maximum absolute atomic E-state index is 5.57. The Bertz CT molecular complexity index is 640. The van der Waals surface area contributed by atoms with Crippen molar-refractivity contribution in [2.75, 3.05) is 20.2 Å². The predicted octanol–water partition coefficient (Wildman–Crippen LogP) is 2.94. The minimum Gasteiger partial charge on any atom is -0.377 e. The number of hydrogen-bond acceptors (Lipinski definition) is 6. The normalized spacial score (nSPS) is 20.2. The monoisotopic (exact) mass is 357 g/mol. The molecule has 0 saturated heterocycles. The zero-order valence-electron chi connectivity index (χ0n) is 16.3. The van der Waals surface area contributed by atoms with Crippen molar-refractivity contribution >= 4 is 12.1 Å². The highest BCUT2D eigenvalue weighted by Gasteiger charge is 2.16. The van der Waals surface area contributed by atoms with Gasteiger partial charge in [0.2, 0.25) is 0 Å². The van der Waals surface area contributed by atoms with Gasteiger partial charge in [-0.2, -0.15) is 0 Å². The van der Waals surface area contributed by atoms with E-state index in [1.165, 1.54) is 5.57 Å². The third-order valence-corrected chi connectivity index (χ3v) is 4.08. The zero-order chi connectivity index (χ0) is 18.9. The van der Waals surface area contributed by atoms with E-state index in [4.69, 9.17) is 9.73 Å². The number of nitrogens with one attached hydrogen (secondary N) is 2. The van der Waals surface area contributed by atoms with Crippen LogP contribution in [0.2, 0.25) is 0 Å². The van der Waals surface area contributed by atoms with E-state index >= 15 is 0 Å². The van der Waals surface area contributed by atoms with Crippen molar-refractivity contribution in [2.45, 2.75) is 46.0 Å². The molecule has 0 spiro atoms. The maximum Gasteiger partial charge on any atom is 0.177 e. The van der Waals surface area contributed by atoms with Crippen LogP contribution in [0.4, 0.5) is 0 Å². The zero-order valence-corrected chi connectivity index (χ0v) is 16.3. The summed E-state index contributed by atoms with van der Waals surface area (Å²) in [4.78, 5) is 11.3. The number of amidine groups is 1. The molecule has 1 atom stereocenters. The molecule has 6 heteroatoms. The Hall–Kier alpha value is -2.18. The van der Waals surface area contributed by atoms with Gasteiger partial charge in [-0.25, -0.2) is 4.99 Å². The number of nitrogens with zero attached hydrogens (tertiary/aromatic N) is 3. The first-order chi connectivity index (χ1) is 12.5. The van der Waals surface area contributed by atoms with E-state index < -0.39 is 0 Å². The molecule has 2 aliphatic heterocycles. The molecule has 2 aliphatic rings. The van der Waals surface area contributed by atoms with Crippen molar-refractivity contribution in [2.24, 2.45) is 9.98 Å². The number of rotatable bonds is 8. The first-order valence-corrected chi connectivity index (χ1v) is 9.13. The van der Waals surface area contributed by atoms with Crippen LogP contribution in [0, 0.1) is 0 Å². The maximum atomic E-state index is 5.57. The van der Waals surface area contributed by atoms with Crippen LogP contribution in [-0.2, 0) is 4.74 Å². The average molecular weight is 358 g/mol. The van der Waals surface area contributed by atoms with E-state index in [1.54, 1.807) is 0 Å². The first kappa shape index (κ1) is 20.1. The van der Waals surface area contributed by atoms with Gasteiger partial charge in [0.05, 0.1) is 18.4 Å². The molecule has 0 bridgehead atoms. The molecule has 0 saturated carbocycles. The lowest BCUT2D eigenvalue weighted by Gasteiger charge is -2.28. The van der Waals surface area contributed by atoms with Crippen LogP contribution in [0.1, 0.15) is 33.6 Å². The van der Waals surface area contributed by atoms with Crippen molar-refractivity contribution in [1.82, 2.24) is 15.5 Å². The molecule has 0 fully saturated rings. The largest absolute Gasteiger partial charge is 0.377 e. The smallest absolute Gasteiger partial charge is 0.177 e. The molecule has 1 unspecified atom stereocenters. The van der Waals surface area contributed by atoms with Crippen LogP contribution in [0.3, 0.4) is 0 Å². The fourth-order valence-corrected chi connectivity index (χ4v) is 2.57. The summed E-state index contributed by atoms with van der Waals surface area (Å²) in [5.41, 5.74) is 3.22. The standard InChI is InChI=1S/C20H31N5O/c1-6-7-17-8-9-18(16(4)22-14-17)23-19-10-12-25(5)20(24-19)21-11-13-26-15(2)3/h6,8,10,12,14-15,20-21H,1,7,9,11,13H2,2-5H3,(H,23,24). The van der Waals surface area contributed by atoms with Crippen LogP contribution in [0.15, 0.2) is 58.0 Å². The Kier molecular flexibility index (Phi) is 7.81. The summed E-state index contributed by atoms with van der Waals surface area (Å²) in [6.07, 6.45) is 11.8. The van der Waals surface area contributed by atoms with Gasteiger partial charge in [-0.05, 0) is 38.8 Å². The molecule has 2 N–H and O–H groups in total. The number of ether oxygens (including phenoxy) is 1. The van der Waals surface area contributed by atoms with Crippen LogP contribution < -0.4 is 10.6 Å². The van der Waals surface area contributed by atoms with Gasteiger partial charge in [0.15, 0.2) is 6.29 Å². The highest BCUT2D eigenvalue weighted by atomic mass is 16.5. The second kappa shape index (κ2) is 10.1. The Labute approximate surface area is 157 Å². The minimum absolute atomic E-state index is 0.111. The molecule has 0 aliphatic carbocycles. The highest BCUT2D eigenvalue weighted by molar-refractivity contribution is 5.95. The summed E-state index contributed by atoms with van der Waals surface area (Å²) in [5.74, 6) is 0.829. The van der Waals surface area contributed by atoms with Crippen molar-refractivity contribution < 1.29 is 4.74 Å². The lowest BCUT2D eigenvalue weighted by molar-refractivity contribution is 0.0761. The van der Waals surface area contributed by atoms with Crippen LogP contribution in [-0.4, -0.2) is 49.5 Å². The lowest BCUT2D eigenvalue weighted by atomic mass is 10.1. The molecule has 142 valence electrons. The molecular weight excluding hydrogens is 326 g/mol. The molecule has 0 radical (unpaired) electrons. The van der Waals surface area contributed by atoms with E-state index in [0.717, 1.165) is 36.6 Å². The third kappa shape index (κ3) is 6.28. The Morgan fingerprint density at radius 2 is 2.27 bits per heavy atom. The van der Waals surface area contributed by atoms with Crippen molar-refractivity contribution in [3.05, 3.63) is 48.0 Å². The summed E-state index contributed by atoms with van der Waals surface area (Å²) in [6.45, 7) is 11.3. The summed E-state index contributed by atoms with van der Waals surface area (Å²) in [7, 11) is 2.00. The van der Waals surface area contributed by atoms with E-state index in [2.05, 4.69) is 28.3 Å². The molecular formula is C20H31N5O. The fraction of sp³-hybridized carbons (Fsp3) is 0.500. The Morgan fingerprint density at radius 1 is 1.46 bits per heavy atom. The van der Waals surface area contributed by atoms with Crippen LogP contribution in [0.5, 0.6) is 0 Å². The SMILES string of the molecule is C=CCC1=CCC(NC2=NC(NCCOC(C)C)N(C)C=C2)=C(C)N=C1. The highest BCUT2D eigenvalue weighted by Crippen LogP contribution is 2.16. The quantitative estimate of drug-likeness (QED) is 0.518. The van der Waals surface area contributed by atoms with Crippen molar-refractivity contribution in [3.63, 3.8) is 0 Å². The lowest BCUT2D eigenvalue weighted by Crippen LogP contribution is -2.44. The molecule has 6 nitrogen and oxygen atoms in total. The minimum atomic E-state index is -0.111.